The van der Waals surface area contributed by atoms with Gasteiger partial charge in [-0.15, -0.1) is 11.3 Å². The molecule has 5 nitrogen and oxygen atoms in total. The van der Waals surface area contributed by atoms with Crippen LogP contribution in [-0.4, -0.2) is 18.9 Å². The minimum absolute atomic E-state index is 0.0300. The van der Waals surface area contributed by atoms with Crippen LogP contribution in [0.5, 0.6) is 0 Å². The van der Waals surface area contributed by atoms with Gasteiger partial charge >= 0.3 is 0 Å². The van der Waals surface area contributed by atoms with Crippen molar-refractivity contribution in [3.05, 3.63) is 110 Å². The van der Waals surface area contributed by atoms with Gasteiger partial charge in [0, 0.05) is 35.8 Å². The molecule has 5 rings (SSSR count). The van der Waals surface area contributed by atoms with Gasteiger partial charge in [0.05, 0.1) is 22.1 Å². The molecule has 0 aliphatic carbocycles. The lowest BCUT2D eigenvalue weighted by molar-refractivity contribution is 0.630. The van der Waals surface area contributed by atoms with E-state index in [2.05, 4.69) is 47.2 Å². The van der Waals surface area contributed by atoms with Crippen molar-refractivity contribution in [1.29, 1.82) is 0 Å². The van der Waals surface area contributed by atoms with Gasteiger partial charge in [-0.2, -0.15) is 0 Å². The molecule has 5 aromatic rings. The summed E-state index contributed by atoms with van der Waals surface area (Å²) in [6, 6.07) is 22.3. The number of aromatic nitrogens is 4. The van der Waals surface area contributed by atoms with Gasteiger partial charge in [-0.1, -0.05) is 48.5 Å². The second-order valence-corrected chi connectivity index (χ2v) is 9.26. The van der Waals surface area contributed by atoms with E-state index >= 15 is 0 Å². The summed E-state index contributed by atoms with van der Waals surface area (Å²) in [6.07, 6.45) is 0.823. The number of rotatable bonds is 5. The van der Waals surface area contributed by atoms with E-state index in [0.717, 1.165) is 45.5 Å². The third kappa shape index (κ3) is 3.66. The molecule has 3 aromatic heterocycles. The third-order valence-corrected chi connectivity index (χ3v) is 7.05. The number of benzene rings is 2. The van der Waals surface area contributed by atoms with Gasteiger partial charge < -0.3 is 4.57 Å². The molecule has 0 spiro atoms. The van der Waals surface area contributed by atoms with Crippen molar-refractivity contribution in [3.63, 3.8) is 0 Å². The maximum absolute atomic E-state index is 13.6. The topological polar surface area (TPSA) is 44.8 Å². The molecule has 0 fully saturated rings. The Morgan fingerprint density at radius 3 is 2.27 bits per heavy atom. The van der Waals surface area contributed by atoms with Gasteiger partial charge in [0.2, 0.25) is 0 Å². The van der Waals surface area contributed by atoms with Crippen LogP contribution in [-0.2, 0) is 13.5 Å². The Bertz CT molecular complexity index is 1490. The number of hydrogen-bond acceptors (Lipinski definition) is 3. The summed E-state index contributed by atoms with van der Waals surface area (Å²) in [7, 11) is 1.93. The molecule has 0 aliphatic rings. The summed E-state index contributed by atoms with van der Waals surface area (Å²) in [6.45, 7) is 6.11. The highest BCUT2D eigenvalue weighted by molar-refractivity contribution is 7.10. The molecule has 3 heterocycles. The quantitative estimate of drug-likeness (QED) is 0.347. The van der Waals surface area contributed by atoms with Crippen molar-refractivity contribution in [1.82, 2.24) is 18.9 Å². The second-order valence-electron chi connectivity index (χ2n) is 8.32. The first-order valence-corrected chi connectivity index (χ1v) is 11.9. The van der Waals surface area contributed by atoms with Crippen molar-refractivity contribution in [2.75, 3.05) is 0 Å². The van der Waals surface area contributed by atoms with Crippen molar-refractivity contribution in [2.24, 2.45) is 7.05 Å². The number of thiazole rings is 1. The van der Waals surface area contributed by atoms with Crippen LogP contribution in [0.1, 0.15) is 27.7 Å². The maximum Gasteiger partial charge on any atom is 0.295 e. The Labute approximate surface area is 197 Å². The third-order valence-electron chi connectivity index (χ3n) is 6.20. The normalized spacial score (nSPS) is 11.3. The van der Waals surface area contributed by atoms with E-state index in [1.54, 1.807) is 16.0 Å². The molecule has 0 amide bonds. The van der Waals surface area contributed by atoms with Gasteiger partial charge in [0.15, 0.2) is 0 Å². The van der Waals surface area contributed by atoms with Crippen LogP contribution in [0.15, 0.2) is 76.9 Å². The van der Waals surface area contributed by atoms with Crippen molar-refractivity contribution in [3.8, 4) is 22.6 Å². The molecule has 0 unspecified atom stereocenters. The van der Waals surface area contributed by atoms with Crippen molar-refractivity contribution >= 4 is 11.3 Å². The van der Waals surface area contributed by atoms with E-state index in [1.807, 2.05) is 62.0 Å². The Kier molecular flexibility index (Phi) is 5.38. The molecular weight excluding hydrogens is 428 g/mol. The molecular formula is C27H26N4OS. The number of nitrogens with zero attached hydrogens (tertiary/aromatic N) is 4. The highest BCUT2D eigenvalue weighted by Gasteiger charge is 2.22. The van der Waals surface area contributed by atoms with Gasteiger partial charge in [-0.25, -0.2) is 9.67 Å². The molecule has 166 valence electrons. The van der Waals surface area contributed by atoms with Crippen LogP contribution >= 0.6 is 11.3 Å². The first-order chi connectivity index (χ1) is 16.0. The zero-order valence-corrected chi connectivity index (χ0v) is 20.1. The van der Waals surface area contributed by atoms with Crippen LogP contribution in [0.4, 0.5) is 0 Å². The molecule has 0 saturated carbocycles. The van der Waals surface area contributed by atoms with E-state index in [-0.39, 0.29) is 5.56 Å². The predicted molar refractivity (Wildman–Crippen MR) is 135 cm³/mol. The Balaban J connectivity index is 1.57. The summed E-state index contributed by atoms with van der Waals surface area (Å²) in [4.78, 5) is 18.5. The van der Waals surface area contributed by atoms with Gasteiger partial charge in [0.1, 0.15) is 5.69 Å². The Morgan fingerprint density at radius 2 is 1.58 bits per heavy atom. The molecule has 33 heavy (non-hydrogen) atoms. The Morgan fingerprint density at radius 1 is 0.909 bits per heavy atom. The van der Waals surface area contributed by atoms with E-state index in [9.17, 15) is 4.79 Å². The molecule has 0 N–H and O–H groups in total. The first kappa shape index (κ1) is 21.2. The highest BCUT2D eigenvalue weighted by Crippen LogP contribution is 2.31. The number of para-hydroxylation sites is 1. The summed E-state index contributed by atoms with van der Waals surface area (Å²) in [5, 5.41) is 3.20. The Hall–Kier alpha value is -3.64. The molecule has 0 radical (unpaired) electrons. The molecule has 0 bridgehead atoms. The van der Waals surface area contributed by atoms with Crippen LogP contribution in [0, 0.1) is 20.8 Å². The largest absolute Gasteiger partial charge is 0.311 e. The van der Waals surface area contributed by atoms with Crippen molar-refractivity contribution in [2.45, 2.75) is 27.2 Å². The maximum atomic E-state index is 13.6. The van der Waals surface area contributed by atoms with Crippen LogP contribution in [0.3, 0.4) is 0 Å². The average molecular weight is 455 g/mol. The minimum Gasteiger partial charge on any atom is -0.311 e. The molecule has 0 aliphatic heterocycles. The summed E-state index contributed by atoms with van der Waals surface area (Å²) in [5.74, 6) is 0. The lowest BCUT2D eigenvalue weighted by atomic mass is 10.1. The van der Waals surface area contributed by atoms with E-state index in [0.29, 0.717) is 5.69 Å². The fraction of sp³-hybridized carbons (Fsp3) is 0.185. The molecule has 0 saturated heterocycles. The fourth-order valence-corrected chi connectivity index (χ4v) is 5.29. The van der Waals surface area contributed by atoms with Crippen LogP contribution < -0.4 is 5.56 Å². The van der Waals surface area contributed by atoms with E-state index in [4.69, 9.17) is 4.98 Å². The first-order valence-electron chi connectivity index (χ1n) is 11.0. The SMILES string of the molecule is Cc1cc(-c2csc(Cc3ccccc3)n2)c(C)n1-c1c(C)n(C)n(-c2ccccc2)c1=O. The van der Waals surface area contributed by atoms with Gasteiger partial charge in [-0.05, 0) is 44.5 Å². The molecule has 6 heteroatoms. The summed E-state index contributed by atoms with van der Waals surface area (Å²) in [5.41, 5.74) is 7.75. The smallest absolute Gasteiger partial charge is 0.295 e. The standard InChI is InChI=1S/C27H26N4OS/c1-18-15-23(24-17-33-25(28-24)16-21-11-7-5-8-12-21)19(2)30(18)26-20(3)29(4)31(27(26)32)22-13-9-6-10-14-22/h5-15,17H,16H2,1-4H3. The second kappa shape index (κ2) is 8.37. The lowest BCUT2D eigenvalue weighted by Gasteiger charge is -2.08. The van der Waals surface area contributed by atoms with E-state index in [1.165, 1.54) is 5.56 Å². The lowest BCUT2D eigenvalue weighted by Crippen LogP contribution is -2.21. The highest BCUT2D eigenvalue weighted by atomic mass is 32.1. The molecule has 2 aromatic carbocycles. The number of aryl methyl sites for hydroxylation is 1. The zero-order valence-electron chi connectivity index (χ0n) is 19.2. The zero-order chi connectivity index (χ0) is 23.1. The van der Waals surface area contributed by atoms with Crippen LogP contribution in [0.2, 0.25) is 0 Å². The van der Waals surface area contributed by atoms with Gasteiger partial charge in [-0.3, -0.25) is 9.48 Å². The summed E-state index contributed by atoms with van der Waals surface area (Å²) >= 11 is 1.68. The minimum atomic E-state index is -0.0300. The monoisotopic (exact) mass is 454 g/mol. The fourth-order valence-electron chi connectivity index (χ4n) is 4.46. The van der Waals surface area contributed by atoms with Crippen molar-refractivity contribution < 1.29 is 0 Å². The van der Waals surface area contributed by atoms with Gasteiger partial charge in [0.25, 0.3) is 5.56 Å². The average Bonchev–Trinajstić information content (AvgIpc) is 3.45. The summed E-state index contributed by atoms with van der Waals surface area (Å²) < 4.78 is 5.72. The molecule has 0 atom stereocenters. The number of hydrogen-bond donors (Lipinski definition) is 0. The van der Waals surface area contributed by atoms with E-state index < -0.39 is 0 Å². The predicted octanol–water partition coefficient (Wildman–Crippen LogP) is 5.61. The van der Waals surface area contributed by atoms with Crippen LogP contribution in [0.25, 0.3) is 22.6 Å².